The average Bonchev–Trinajstić information content (AvgIpc) is 1.81. The molecule has 1 aromatic rings. The van der Waals surface area contributed by atoms with Gasteiger partial charge in [-0.25, -0.2) is 0 Å². The summed E-state index contributed by atoms with van der Waals surface area (Å²) in [5.41, 5.74) is 0. The second-order valence-corrected chi connectivity index (χ2v) is 2.86. The van der Waals surface area contributed by atoms with Gasteiger partial charge in [0.2, 0.25) is 0 Å². The summed E-state index contributed by atoms with van der Waals surface area (Å²) < 4.78 is 31.6. The summed E-state index contributed by atoms with van der Waals surface area (Å²) in [6.07, 6.45) is 0. The lowest BCUT2D eigenvalue weighted by atomic mass is 10.3. The van der Waals surface area contributed by atoms with Crippen molar-refractivity contribution in [3.63, 3.8) is 0 Å². The summed E-state index contributed by atoms with van der Waals surface area (Å²) in [5.74, 6) is 0.176. The fraction of sp³-hybridized carbons (Fsp3) is 0. The standard InChI is InChI=1S/C6H6O2.2H3N.H2O4S/c7-5-2-1-3-6(8)4-5;;;1-5(2,3)4/h1-4,7-8H;2*1H3;(H2,1,2,3,4). The first kappa shape index (κ1) is 19.2. The Bertz CT molecular complexity index is 340. The van der Waals surface area contributed by atoms with E-state index >= 15 is 0 Å². The quantitative estimate of drug-likeness (QED) is 0.360. The van der Waals surface area contributed by atoms with E-state index in [1.165, 1.54) is 18.2 Å². The first-order valence-corrected chi connectivity index (χ1v) is 4.36. The summed E-state index contributed by atoms with van der Waals surface area (Å²) in [6, 6.07) is 5.85. The highest BCUT2D eigenvalue weighted by Crippen LogP contribution is 2.14. The molecule has 9 heteroatoms. The van der Waals surface area contributed by atoms with Crippen LogP contribution in [0.1, 0.15) is 0 Å². The Kier molecular flexibility index (Phi) is 10.2. The van der Waals surface area contributed by atoms with Crippen LogP contribution in [0.15, 0.2) is 24.3 Å². The minimum atomic E-state index is -4.67. The van der Waals surface area contributed by atoms with E-state index in [0.717, 1.165) is 0 Å². The van der Waals surface area contributed by atoms with E-state index in [1.54, 1.807) is 6.07 Å². The first-order chi connectivity index (χ1) is 5.79. The molecule has 0 atom stereocenters. The number of phenolic OH excluding ortho intramolecular Hbond substituents is 2. The van der Waals surface area contributed by atoms with E-state index < -0.39 is 10.4 Å². The largest absolute Gasteiger partial charge is 0.508 e. The van der Waals surface area contributed by atoms with E-state index in [4.69, 9.17) is 27.7 Å². The Balaban J connectivity index is -0.000000185. The van der Waals surface area contributed by atoms with Crippen LogP contribution in [0.25, 0.3) is 0 Å². The third-order valence-electron chi connectivity index (χ3n) is 0.830. The molecule has 0 aromatic heterocycles. The van der Waals surface area contributed by atoms with Gasteiger partial charge in [0.05, 0.1) is 0 Å². The van der Waals surface area contributed by atoms with Gasteiger partial charge in [0.1, 0.15) is 11.5 Å². The fourth-order valence-corrected chi connectivity index (χ4v) is 0.493. The normalized spacial score (nSPS) is 8.67. The smallest absolute Gasteiger partial charge is 0.394 e. The summed E-state index contributed by atoms with van der Waals surface area (Å²) in [4.78, 5) is 0. The maximum absolute atomic E-state index is 8.74. The molecular formula is C6H14N2O6S. The lowest BCUT2D eigenvalue weighted by Crippen LogP contribution is -1.89. The number of aromatic hydroxyl groups is 2. The van der Waals surface area contributed by atoms with Crippen LogP contribution in [0.5, 0.6) is 11.5 Å². The number of phenols is 2. The van der Waals surface area contributed by atoms with Gasteiger partial charge < -0.3 is 22.5 Å². The van der Waals surface area contributed by atoms with E-state index in [1.807, 2.05) is 0 Å². The summed E-state index contributed by atoms with van der Waals surface area (Å²) >= 11 is 0. The molecule has 1 rings (SSSR count). The Morgan fingerprint density at radius 3 is 1.33 bits per heavy atom. The van der Waals surface area contributed by atoms with Crippen molar-refractivity contribution < 1.29 is 27.7 Å². The summed E-state index contributed by atoms with van der Waals surface area (Å²) in [7, 11) is -4.67. The molecule has 0 aliphatic carbocycles. The van der Waals surface area contributed by atoms with Crippen LogP contribution < -0.4 is 12.3 Å². The number of benzene rings is 1. The molecule has 1 aromatic carbocycles. The number of hydrogen-bond acceptors (Lipinski definition) is 6. The second-order valence-electron chi connectivity index (χ2n) is 1.97. The van der Waals surface area contributed by atoms with Crippen LogP contribution in [0.2, 0.25) is 0 Å². The van der Waals surface area contributed by atoms with E-state index in [9.17, 15) is 0 Å². The summed E-state index contributed by atoms with van der Waals surface area (Å²) in [5, 5.41) is 17.3. The molecule has 0 saturated heterocycles. The molecule has 0 fully saturated rings. The van der Waals surface area contributed by atoms with Crippen LogP contribution in [0.4, 0.5) is 0 Å². The van der Waals surface area contributed by atoms with E-state index in [0.29, 0.717) is 0 Å². The van der Waals surface area contributed by atoms with Crippen molar-refractivity contribution in [2.24, 2.45) is 0 Å². The minimum Gasteiger partial charge on any atom is -0.508 e. The lowest BCUT2D eigenvalue weighted by Gasteiger charge is -1.89. The zero-order chi connectivity index (χ0) is 10.5. The molecule has 0 aliphatic heterocycles. The van der Waals surface area contributed by atoms with Gasteiger partial charge in [-0.05, 0) is 12.1 Å². The van der Waals surface area contributed by atoms with Gasteiger partial charge >= 0.3 is 10.4 Å². The van der Waals surface area contributed by atoms with Gasteiger partial charge in [-0.1, -0.05) is 6.07 Å². The van der Waals surface area contributed by atoms with Crippen molar-refractivity contribution in [1.82, 2.24) is 12.3 Å². The Hall–Kier alpha value is -1.39. The average molecular weight is 242 g/mol. The highest BCUT2D eigenvalue weighted by atomic mass is 32.3. The van der Waals surface area contributed by atoms with Crippen molar-refractivity contribution in [1.29, 1.82) is 0 Å². The maximum Gasteiger partial charge on any atom is 0.394 e. The van der Waals surface area contributed by atoms with Crippen LogP contribution >= 0.6 is 0 Å². The topological polar surface area (TPSA) is 185 Å². The van der Waals surface area contributed by atoms with Gasteiger partial charge in [0.25, 0.3) is 0 Å². The maximum atomic E-state index is 8.74. The molecule has 0 radical (unpaired) electrons. The molecule has 15 heavy (non-hydrogen) atoms. The molecule has 0 spiro atoms. The van der Waals surface area contributed by atoms with Crippen LogP contribution in [0.3, 0.4) is 0 Å². The molecule has 10 N–H and O–H groups in total. The number of rotatable bonds is 0. The van der Waals surface area contributed by atoms with Crippen molar-refractivity contribution >= 4 is 10.4 Å². The fourth-order valence-electron chi connectivity index (χ4n) is 0.493. The summed E-state index contributed by atoms with van der Waals surface area (Å²) in [6.45, 7) is 0. The zero-order valence-corrected chi connectivity index (χ0v) is 8.55. The highest BCUT2D eigenvalue weighted by Gasteiger charge is 1.85. The molecule has 0 heterocycles. The third-order valence-corrected chi connectivity index (χ3v) is 0.830. The van der Waals surface area contributed by atoms with Crippen LogP contribution in [0, 0.1) is 0 Å². The van der Waals surface area contributed by atoms with Crippen molar-refractivity contribution in [3.8, 4) is 11.5 Å². The third kappa shape index (κ3) is 19.1. The second kappa shape index (κ2) is 7.96. The van der Waals surface area contributed by atoms with Gasteiger partial charge in [-0.2, -0.15) is 8.42 Å². The molecule has 0 saturated carbocycles. The van der Waals surface area contributed by atoms with Crippen LogP contribution in [-0.4, -0.2) is 27.7 Å². The SMILES string of the molecule is N.N.O=S(=O)(O)O.Oc1cccc(O)c1. The first-order valence-electron chi connectivity index (χ1n) is 2.97. The Morgan fingerprint density at radius 2 is 1.20 bits per heavy atom. The van der Waals surface area contributed by atoms with Gasteiger partial charge in [0.15, 0.2) is 0 Å². The molecule has 0 amide bonds. The predicted molar refractivity (Wildman–Crippen MR) is 54.0 cm³/mol. The number of hydrogen-bond donors (Lipinski definition) is 6. The van der Waals surface area contributed by atoms with E-state index in [2.05, 4.69) is 0 Å². The Labute approximate surface area is 86.9 Å². The van der Waals surface area contributed by atoms with Gasteiger partial charge in [0, 0.05) is 6.07 Å². The van der Waals surface area contributed by atoms with Gasteiger partial charge in [-0.15, -0.1) is 0 Å². The molecule has 8 nitrogen and oxygen atoms in total. The Morgan fingerprint density at radius 1 is 0.933 bits per heavy atom. The lowest BCUT2D eigenvalue weighted by molar-refractivity contribution is 0.381. The van der Waals surface area contributed by atoms with Gasteiger partial charge in [-0.3, -0.25) is 9.11 Å². The monoisotopic (exact) mass is 242 g/mol. The molecule has 0 aliphatic rings. The van der Waals surface area contributed by atoms with Crippen molar-refractivity contribution in [3.05, 3.63) is 24.3 Å². The molecule has 0 bridgehead atoms. The minimum absolute atomic E-state index is 0. The van der Waals surface area contributed by atoms with Crippen molar-refractivity contribution in [2.75, 3.05) is 0 Å². The molecule has 0 unspecified atom stereocenters. The molecule has 90 valence electrons. The highest BCUT2D eigenvalue weighted by molar-refractivity contribution is 7.79. The van der Waals surface area contributed by atoms with Crippen LogP contribution in [-0.2, 0) is 10.4 Å². The predicted octanol–water partition coefficient (Wildman–Crippen LogP) is 0.769. The van der Waals surface area contributed by atoms with E-state index in [-0.39, 0.29) is 23.8 Å². The van der Waals surface area contributed by atoms with Crippen molar-refractivity contribution in [2.45, 2.75) is 0 Å². The zero-order valence-electron chi connectivity index (χ0n) is 7.74. The molecular weight excluding hydrogens is 228 g/mol.